The zero-order valence-corrected chi connectivity index (χ0v) is 21.3. The molecule has 0 saturated carbocycles. The summed E-state index contributed by atoms with van der Waals surface area (Å²) in [5.74, 6) is 1.50. The minimum Gasteiger partial charge on any atom is -0.354 e. The number of aryl methyl sites for hydroxylation is 4. The first-order chi connectivity index (χ1) is 15.6. The molecule has 2 heterocycles. The lowest BCUT2D eigenvalue weighted by atomic mass is 10.1. The molecule has 0 bridgehead atoms. The molecule has 0 N–H and O–H groups in total. The molecule has 4 rings (SSSR count). The van der Waals surface area contributed by atoms with Gasteiger partial charge in [0.15, 0.2) is 5.82 Å². The van der Waals surface area contributed by atoms with E-state index in [0.29, 0.717) is 41.9 Å². The van der Waals surface area contributed by atoms with Crippen molar-refractivity contribution in [3.05, 3.63) is 69.4 Å². The number of aromatic nitrogens is 2. The van der Waals surface area contributed by atoms with Crippen molar-refractivity contribution in [2.24, 2.45) is 0 Å². The quantitative estimate of drug-likeness (QED) is 0.529. The highest BCUT2D eigenvalue weighted by atomic mass is 35.5. The molecule has 1 aliphatic rings. The molecule has 0 amide bonds. The molecule has 2 aromatic carbocycles. The third-order valence-electron chi connectivity index (χ3n) is 6.21. The van der Waals surface area contributed by atoms with Crippen LogP contribution in [0.5, 0.6) is 0 Å². The Balaban J connectivity index is 1.59. The van der Waals surface area contributed by atoms with Crippen LogP contribution in [0.1, 0.15) is 27.9 Å². The lowest BCUT2D eigenvalue weighted by molar-refractivity contribution is 0.383. The number of anilines is 1. The first-order valence-corrected chi connectivity index (χ1v) is 12.8. The van der Waals surface area contributed by atoms with E-state index in [1.54, 1.807) is 4.31 Å². The molecule has 1 fully saturated rings. The highest BCUT2D eigenvalue weighted by molar-refractivity contribution is 7.89. The number of hydrogen-bond acceptors (Lipinski definition) is 5. The number of halogens is 1. The van der Waals surface area contributed by atoms with Crippen LogP contribution in [0.4, 0.5) is 5.82 Å². The van der Waals surface area contributed by atoms with Crippen molar-refractivity contribution in [3.63, 3.8) is 0 Å². The predicted molar refractivity (Wildman–Crippen MR) is 134 cm³/mol. The molecular weight excluding hydrogens is 456 g/mol. The van der Waals surface area contributed by atoms with Crippen LogP contribution in [0.15, 0.2) is 41.3 Å². The first kappa shape index (κ1) is 23.7. The molecule has 0 atom stereocenters. The van der Waals surface area contributed by atoms with E-state index in [0.717, 1.165) is 39.3 Å². The average molecular weight is 485 g/mol. The SMILES string of the molecule is Cc1cc(C)c(S(=O)(=O)N2CCN(c3nc(-c4ccc(Cl)cc4)nc(C)c3C)CC2)c(C)c1. The number of piperazine rings is 1. The van der Waals surface area contributed by atoms with Gasteiger partial charge in [0.1, 0.15) is 5.82 Å². The van der Waals surface area contributed by atoms with Gasteiger partial charge in [0.25, 0.3) is 0 Å². The van der Waals surface area contributed by atoms with Gasteiger partial charge in [0.05, 0.1) is 4.90 Å². The van der Waals surface area contributed by atoms with E-state index in [-0.39, 0.29) is 0 Å². The van der Waals surface area contributed by atoms with Crippen LogP contribution in [0.2, 0.25) is 5.02 Å². The van der Waals surface area contributed by atoms with Gasteiger partial charge in [-0.2, -0.15) is 4.31 Å². The van der Waals surface area contributed by atoms with Gasteiger partial charge in [-0.3, -0.25) is 0 Å². The number of sulfonamides is 1. The average Bonchev–Trinajstić information content (AvgIpc) is 2.75. The Bertz CT molecular complexity index is 1280. The molecule has 6 nitrogen and oxygen atoms in total. The lowest BCUT2D eigenvalue weighted by Gasteiger charge is -2.36. The Morgan fingerprint density at radius 3 is 2.00 bits per heavy atom. The van der Waals surface area contributed by atoms with E-state index in [1.807, 2.05) is 71.0 Å². The molecule has 33 heavy (non-hydrogen) atoms. The molecule has 3 aromatic rings. The Hall–Kier alpha value is -2.48. The van der Waals surface area contributed by atoms with Crippen LogP contribution in [-0.2, 0) is 10.0 Å². The fraction of sp³-hybridized carbons (Fsp3) is 0.360. The number of rotatable bonds is 4. The summed E-state index contributed by atoms with van der Waals surface area (Å²) in [7, 11) is -3.56. The molecule has 1 aromatic heterocycles. The highest BCUT2D eigenvalue weighted by Gasteiger charge is 2.32. The Morgan fingerprint density at radius 2 is 1.42 bits per heavy atom. The van der Waals surface area contributed by atoms with E-state index in [4.69, 9.17) is 16.6 Å². The van der Waals surface area contributed by atoms with Gasteiger partial charge in [-0.05, 0) is 70.0 Å². The van der Waals surface area contributed by atoms with Crippen LogP contribution < -0.4 is 4.90 Å². The van der Waals surface area contributed by atoms with Gasteiger partial charge < -0.3 is 4.90 Å². The fourth-order valence-electron chi connectivity index (χ4n) is 4.49. The van der Waals surface area contributed by atoms with Crippen molar-refractivity contribution < 1.29 is 8.42 Å². The molecule has 8 heteroatoms. The Kier molecular flexibility index (Phi) is 6.49. The fourth-order valence-corrected chi connectivity index (χ4v) is 6.45. The second-order valence-corrected chi connectivity index (χ2v) is 11.0. The second kappa shape index (κ2) is 9.05. The van der Waals surface area contributed by atoms with E-state index in [2.05, 4.69) is 9.88 Å². The van der Waals surface area contributed by atoms with Gasteiger partial charge in [0.2, 0.25) is 10.0 Å². The van der Waals surface area contributed by atoms with Gasteiger partial charge in [-0.15, -0.1) is 0 Å². The number of benzene rings is 2. The summed E-state index contributed by atoms with van der Waals surface area (Å²) in [6.07, 6.45) is 0. The monoisotopic (exact) mass is 484 g/mol. The minimum atomic E-state index is -3.56. The summed E-state index contributed by atoms with van der Waals surface area (Å²) in [5, 5.41) is 0.666. The van der Waals surface area contributed by atoms with Crippen LogP contribution in [0.3, 0.4) is 0 Å². The number of hydrogen-bond donors (Lipinski definition) is 0. The number of nitrogens with zero attached hydrogens (tertiary/aromatic N) is 4. The Morgan fingerprint density at radius 1 is 0.848 bits per heavy atom. The summed E-state index contributed by atoms with van der Waals surface area (Å²) in [6, 6.07) is 11.3. The molecule has 0 unspecified atom stereocenters. The zero-order valence-electron chi connectivity index (χ0n) is 19.7. The molecule has 0 spiro atoms. The van der Waals surface area contributed by atoms with Crippen LogP contribution in [0.25, 0.3) is 11.4 Å². The molecule has 1 saturated heterocycles. The first-order valence-electron chi connectivity index (χ1n) is 11.0. The van der Waals surface area contributed by atoms with E-state index in [9.17, 15) is 8.42 Å². The maximum Gasteiger partial charge on any atom is 0.243 e. The lowest BCUT2D eigenvalue weighted by Crippen LogP contribution is -2.49. The van der Waals surface area contributed by atoms with Gasteiger partial charge in [0, 0.05) is 48.0 Å². The van der Waals surface area contributed by atoms with Crippen molar-refractivity contribution >= 4 is 27.4 Å². The summed E-state index contributed by atoms with van der Waals surface area (Å²) in [6.45, 7) is 11.7. The summed E-state index contributed by atoms with van der Waals surface area (Å²) >= 11 is 6.03. The maximum atomic E-state index is 13.4. The predicted octanol–water partition coefficient (Wildman–Crippen LogP) is 4.85. The summed E-state index contributed by atoms with van der Waals surface area (Å²) in [5.41, 5.74) is 5.48. The van der Waals surface area contributed by atoms with Crippen molar-refractivity contribution in [3.8, 4) is 11.4 Å². The second-order valence-electron chi connectivity index (χ2n) is 8.71. The molecule has 0 radical (unpaired) electrons. The highest BCUT2D eigenvalue weighted by Crippen LogP contribution is 2.29. The largest absolute Gasteiger partial charge is 0.354 e. The maximum absolute atomic E-state index is 13.4. The summed E-state index contributed by atoms with van der Waals surface area (Å²) in [4.78, 5) is 12.1. The third-order valence-corrected chi connectivity index (χ3v) is 8.66. The summed E-state index contributed by atoms with van der Waals surface area (Å²) < 4.78 is 28.5. The van der Waals surface area contributed by atoms with Crippen molar-refractivity contribution in [2.75, 3.05) is 31.1 Å². The topological polar surface area (TPSA) is 66.4 Å². The van der Waals surface area contributed by atoms with E-state index in [1.165, 1.54) is 0 Å². The standard InChI is InChI=1S/C25H29ClN4O2S/c1-16-14-17(2)23(18(3)15-16)33(31,32)30-12-10-29(11-13-30)25-19(4)20(5)27-24(28-25)21-6-8-22(26)9-7-21/h6-9,14-15H,10-13H2,1-5H3. The van der Waals surface area contributed by atoms with E-state index >= 15 is 0 Å². The van der Waals surface area contributed by atoms with E-state index < -0.39 is 10.0 Å². The molecule has 174 valence electrons. The zero-order chi connectivity index (χ0) is 23.9. The van der Waals surface area contributed by atoms with Crippen molar-refractivity contribution in [1.82, 2.24) is 14.3 Å². The smallest absolute Gasteiger partial charge is 0.243 e. The third kappa shape index (κ3) is 4.63. The van der Waals surface area contributed by atoms with Gasteiger partial charge >= 0.3 is 0 Å². The molecule has 0 aliphatic carbocycles. The van der Waals surface area contributed by atoms with Crippen LogP contribution >= 0.6 is 11.6 Å². The van der Waals surface area contributed by atoms with Crippen LogP contribution in [-0.4, -0.2) is 48.9 Å². The normalized spacial score (nSPS) is 15.2. The van der Waals surface area contributed by atoms with Crippen LogP contribution in [0, 0.1) is 34.6 Å². The van der Waals surface area contributed by atoms with Crippen molar-refractivity contribution in [2.45, 2.75) is 39.5 Å². The molecule has 1 aliphatic heterocycles. The van der Waals surface area contributed by atoms with Gasteiger partial charge in [-0.1, -0.05) is 29.3 Å². The Labute approximate surface area is 201 Å². The minimum absolute atomic E-state index is 0.411. The van der Waals surface area contributed by atoms with Gasteiger partial charge in [-0.25, -0.2) is 18.4 Å². The molecular formula is C25H29ClN4O2S. The van der Waals surface area contributed by atoms with Crippen molar-refractivity contribution in [1.29, 1.82) is 0 Å².